The van der Waals surface area contributed by atoms with Crippen LogP contribution < -0.4 is 10.6 Å². The molecule has 0 radical (unpaired) electrons. The lowest BCUT2D eigenvalue weighted by molar-refractivity contribution is -0.127. The highest BCUT2D eigenvalue weighted by atomic mass is 16.2. The number of rotatable bonds is 6. The van der Waals surface area contributed by atoms with Crippen LogP contribution >= 0.6 is 0 Å². The number of carbonyl (C=O) groups excluding carboxylic acids is 2. The first-order valence-corrected chi connectivity index (χ1v) is 8.23. The number of hydrogen-bond donors (Lipinski definition) is 2. The number of aromatic nitrogens is 2. The molecule has 1 heterocycles. The normalized spacial score (nSPS) is 14.9. The van der Waals surface area contributed by atoms with Gasteiger partial charge < -0.3 is 10.6 Å². The predicted molar refractivity (Wildman–Crippen MR) is 90.6 cm³/mol. The van der Waals surface area contributed by atoms with Gasteiger partial charge in [-0.25, -0.2) is 4.68 Å². The van der Waals surface area contributed by atoms with E-state index in [-0.39, 0.29) is 30.3 Å². The number of para-hydroxylation sites is 1. The Morgan fingerprint density at radius 2 is 2.00 bits per heavy atom. The lowest BCUT2D eigenvalue weighted by Gasteiger charge is -2.14. The van der Waals surface area contributed by atoms with Crippen molar-refractivity contribution in [2.45, 2.75) is 32.7 Å². The molecule has 1 aliphatic carbocycles. The van der Waals surface area contributed by atoms with E-state index >= 15 is 0 Å². The van der Waals surface area contributed by atoms with Crippen molar-refractivity contribution in [1.29, 1.82) is 0 Å². The fraction of sp³-hybridized carbons (Fsp3) is 0.389. The number of carbonyl (C=O) groups is 2. The first kappa shape index (κ1) is 16.2. The Morgan fingerprint density at radius 3 is 2.67 bits per heavy atom. The zero-order chi connectivity index (χ0) is 17.1. The zero-order valence-electron chi connectivity index (χ0n) is 14.0. The van der Waals surface area contributed by atoms with E-state index in [4.69, 9.17) is 0 Å². The second-order valence-corrected chi connectivity index (χ2v) is 6.21. The van der Waals surface area contributed by atoms with Crippen molar-refractivity contribution in [3.63, 3.8) is 0 Å². The Kier molecular flexibility index (Phi) is 4.64. The molecule has 1 aliphatic rings. The highest BCUT2D eigenvalue weighted by Gasteiger charge is 2.29. The first-order valence-electron chi connectivity index (χ1n) is 8.23. The Balaban J connectivity index is 1.60. The average Bonchev–Trinajstić information content (AvgIpc) is 3.36. The van der Waals surface area contributed by atoms with Crippen LogP contribution in [0.25, 0.3) is 5.69 Å². The molecule has 3 rings (SSSR count). The van der Waals surface area contributed by atoms with E-state index < -0.39 is 0 Å². The molecule has 1 aromatic carbocycles. The molecule has 0 aliphatic heterocycles. The fourth-order valence-electron chi connectivity index (χ4n) is 2.70. The Bertz CT molecular complexity index is 735. The third kappa shape index (κ3) is 3.64. The number of nitrogens with one attached hydrogen (secondary N) is 2. The summed E-state index contributed by atoms with van der Waals surface area (Å²) in [5.74, 6) is -0.101. The number of hydrogen-bond acceptors (Lipinski definition) is 3. The second-order valence-electron chi connectivity index (χ2n) is 6.21. The summed E-state index contributed by atoms with van der Waals surface area (Å²) in [5.41, 5.74) is 2.92. The monoisotopic (exact) mass is 326 g/mol. The van der Waals surface area contributed by atoms with Crippen molar-refractivity contribution in [1.82, 2.24) is 20.4 Å². The van der Waals surface area contributed by atoms with Crippen molar-refractivity contribution in [3.8, 4) is 5.69 Å². The minimum atomic E-state index is -0.191. The molecule has 0 bridgehead atoms. The zero-order valence-corrected chi connectivity index (χ0v) is 14.0. The molecule has 0 saturated heterocycles. The van der Waals surface area contributed by atoms with Crippen LogP contribution in [0.15, 0.2) is 36.5 Å². The van der Waals surface area contributed by atoms with Gasteiger partial charge in [-0.3, -0.25) is 9.59 Å². The van der Waals surface area contributed by atoms with E-state index in [9.17, 15) is 9.59 Å². The summed E-state index contributed by atoms with van der Waals surface area (Å²) >= 11 is 0. The molecule has 1 saturated carbocycles. The molecule has 126 valence electrons. The van der Waals surface area contributed by atoms with Crippen LogP contribution in [0.3, 0.4) is 0 Å². The van der Waals surface area contributed by atoms with E-state index in [2.05, 4.69) is 15.7 Å². The lowest BCUT2D eigenvalue weighted by Crippen LogP contribution is -2.38. The van der Waals surface area contributed by atoms with Crippen LogP contribution in [0.4, 0.5) is 0 Å². The molecule has 6 heteroatoms. The van der Waals surface area contributed by atoms with Gasteiger partial charge in [-0.2, -0.15) is 5.10 Å². The van der Waals surface area contributed by atoms with Crippen molar-refractivity contribution < 1.29 is 9.59 Å². The summed E-state index contributed by atoms with van der Waals surface area (Å²) < 4.78 is 1.85. The van der Waals surface area contributed by atoms with E-state index in [0.29, 0.717) is 0 Å². The summed E-state index contributed by atoms with van der Waals surface area (Å²) in [5, 5.41) is 10.0. The van der Waals surface area contributed by atoms with Crippen LogP contribution in [0.2, 0.25) is 0 Å². The smallest absolute Gasteiger partial charge is 0.239 e. The van der Waals surface area contributed by atoms with Gasteiger partial charge >= 0.3 is 0 Å². The van der Waals surface area contributed by atoms with Crippen LogP contribution in [0, 0.1) is 12.8 Å². The van der Waals surface area contributed by atoms with Gasteiger partial charge in [0.15, 0.2) is 0 Å². The van der Waals surface area contributed by atoms with Gasteiger partial charge in [0.1, 0.15) is 0 Å². The Labute approximate surface area is 141 Å². The Morgan fingerprint density at radius 1 is 1.29 bits per heavy atom. The summed E-state index contributed by atoms with van der Waals surface area (Å²) in [6, 6.07) is 9.68. The second kappa shape index (κ2) is 6.86. The maximum Gasteiger partial charge on any atom is 0.239 e. The molecule has 0 unspecified atom stereocenters. The van der Waals surface area contributed by atoms with Gasteiger partial charge in [0.2, 0.25) is 11.8 Å². The van der Waals surface area contributed by atoms with E-state index in [0.717, 1.165) is 29.8 Å². The summed E-state index contributed by atoms with van der Waals surface area (Å²) in [4.78, 5) is 23.6. The molecule has 24 heavy (non-hydrogen) atoms. The molecule has 2 aromatic rings. The van der Waals surface area contributed by atoms with Gasteiger partial charge in [-0.1, -0.05) is 18.2 Å². The predicted octanol–water partition coefficient (Wildman–Crippen LogP) is 1.88. The summed E-state index contributed by atoms with van der Waals surface area (Å²) in [6.45, 7) is 3.92. The molecule has 1 aromatic heterocycles. The number of nitrogens with zero attached hydrogens (tertiary/aromatic N) is 2. The Hall–Kier alpha value is -2.63. The highest BCUT2D eigenvalue weighted by Crippen LogP contribution is 2.28. The third-order valence-corrected chi connectivity index (χ3v) is 4.26. The summed E-state index contributed by atoms with van der Waals surface area (Å²) in [6.07, 6.45) is 3.64. The molecular formula is C18H22N4O2. The van der Waals surface area contributed by atoms with E-state index in [1.165, 1.54) is 0 Å². The van der Waals surface area contributed by atoms with Crippen molar-refractivity contribution in [2.75, 3.05) is 6.54 Å². The molecule has 0 spiro atoms. The topological polar surface area (TPSA) is 76.0 Å². The van der Waals surface area contributed by atoms with Gasteiger partial charge in [0.05, 0.1) is 24.5 Å². The van der Waals surface area contributed by atoms with Crippen molar-refractivity contribution >= 4 is 11.8 Å². The molecule has 1 fully saturated rings. The fourth-order valence-corrected chi connectivity index (χ4v) is 2.70. The maximum absolute atomic E-state index is 12.0. The van der Waals surface area contributed by atoms with Crippen LogP contribution in [-0.2, 0) is 9.59 Å². The van der Waals surface area contributed by atoms with Crippen molar-refractivity contribution in [2.24, 2.45) is 5.92 Å². The molecule has 2 N–H and O–H groups in total. The quantitative estimate of drug-likeness (QED) is 0.851. The lowest BCUT2D eigenvalue weighted by atomic mass is 10.1. The van der Waals surface area contributed by atoms with Crippen LogP contribution in [0.5, 0.6) is 0 Å². The van der Waals surface area contributed by atoms with E-state index in [1.54, 1.807) is 6.20 Å². The molecule has 6 nitrogen and oxygen atoms in total. The molecule has 2 amide bonds. The van der Waals surface area contributed by atoms with Gasteiger partial charge in [-0.15, -0.1) is 0 Å². The number of benzene rings is 1. The van der Waals surface area contributed by atoms with Crippen LogP contribution in [0.1, 0.15) is 37.1 Å². The van der Waals surface area contributed by atoms with Crippen LogP contribution in [-0.4, -0.2) is 28.1 Å². The standard InChI is InChI=1S/C18H22N4O2/c1-12(21-17(23)11-19-18(24)14-8-9-14)16-10-20-22(13(16)2)15-6-4-3-5-7-15/h3-7,10,12,14H,8-9,11H2,1-2H3,(H,19,24)(H,21,23)/t12-/m1/s1. The molecular weight excluding hydrogens is 304 g/mol. The maximum atomic E-state index is 12.0. The largest absolute Gasteiger partial charge is 0.348 e. The third-order valence-electron chi connectivity index (χ3n) is 4.26. The average molecular weight is 326 g/mol. The number of amides is 2. The van der Waals surface area contributed by atoms with Gasteiger partial charge in [-0.05, 0) is 38.8 Å². The molecule has 1 atom stereocenters. The first-order chi connectivity index (χ1) is 11.6. The van der Waals surface area contributed by atoms with Crippen molar-refractivity contribution in [3.05, 3.63) is 47.8 Å². The van der Waals surface area contributed by atoms with Gasteiger partial charge in [0, 0.05) is 17.2 Å². The summed E-state index contributed by atoms with van der Waals surface area (Å²) in [7, 11) is 0. The minimum Gasteiger partial charge on any atom is -0.348 e. The van der Waals surface area contributed by atoms with Gasteiger partial charge in [0.25, 0.3) is 0 Å². The van der Waals surface area contributed by atoms with E-state index in [1.807, 2.05) is 48.9 Å². The minimum absolute atomic E-state index is 0.0194. The SMILES string of the molecule is Cc1c([C@@H](C)NC(=O)CNC(=O)C2CC2)cnn1-c1ccccc1. The highest BCUT2D eigenvalue weighted by molar-refractivity contribution is 5.87.